The average molecular weight is 301 g/mol. The molecule has 0 bridgehead atoms. The fraction of sp³-hybridized carbons (Fsp3) is 0.417. The van der Waals surface area contributed by atoms with Gasteiger partial charge in [-0.2, -0.15) is 0 Å². The second kappa shape index (κ2) is 5.76. The maximum absolute atomic E-state index is 13.0. The van der Waals surface area contributed by atoms with Crippen molar-refractivity contribution in [1.29, 1.82) is 0 Å². The monoisotopic (exact) mass is 301 g/mol. The lowest BCUT2D eigenvalue weighted by atomic mass is 10.2. The molecule has 1 aliphatic rings. The maximum atomic E-state index is 13.0. The van der Waals surface area contributed by atoms with E-state index in [-0.39, 0.29) is 30.3 Å². The van der Waals surface area contributed by atoms with Crippen LogP contribution in [0.2, 0.25) is 0 Å². The second-order valence-electron chi connectivity index (χ2n) is 4.60. The third kappa shape index (κ3) is 3.45. The summed E-state index contributed by atoms with van der Waals surface area (Å²) >= 11 is 0. The molecule has 2 rings (SSSR count). The third-order valence-corrected chi connectivity index (χ3v) is 5.03. The van der Waals surface area contributed by atoms with Gasteiger partial charge in [-0.15, -0.1) is 0 Å². The van der Waals surface area contributed by atoms with Gasteiger partial charge in [-0.05, 0) is 24.6 Å². The molecule has 0 radical (unpaired) electrons. The Morgan fingerprint density at radius 3 is 2.80 bits per heavy atom. The molecule has 1 heterocycles. The van der Waals surface area contributed by atoms with Crippen molar-refractivity contribution in [1.82, 2.24) is 4.31 Å². The summed E-state index contributed by atoms with van der Waals surface area (Å²) in [6.07, 6.45) is 0.648. The normalized spacial score (nSPS) is 18.1. The number of halogens is 1. The van der Waals surface area contributed by atoms with Crippen LogP contribution in [0.5, 0.6) is 0 Å². The van der Waals surface area contributed by atoms with Crippen LogP contribution in [-0.4, -0.2) is 37.5 Å². The zero-order valence-corrected chi connectivity index (χ0v) is 11.6. The minimum absolute atomic E-state index is 0.0510. The summed E-state index contributed by atoms with van der Waals surface area (Å²) in [5, 5.41) is 2.55. The van der Waals surface area contributed by atoms with E-state index in [0.29, 0.717) is 18.7 Å². The zero-order valence-electron chi connectivity index (χ0n) is 10.8. The van der Waals surface area contributed by atoms with Crippen LogP contribution in [0.3, 0.4) is 0 Å². The number of carbonyl (C=O) groups excluding carboxylic acids is 1. The van der Waals surface area contributed by atoms with Crippen LogP contribution < -0.4 is 11.1 Å². The molecule has 6 nitrogen and oxygen atoms in total. The topological polar surface area (TPSA) is 92.5 Å². The first kappa shape index (κ1) is 14.7. The van der Waals surface area contributed by atoms with Gasteiger partial charge in [0.25, 0.3) is 0 Å². The van der Waals surface area contributed by atoms with E-state index in [1.54, 1.807) is 0 Å². The fourth-order valence-electron chi connectivity index (χ4n) is 2.01. The first-order valence-corrected chi connectivity index (χ1v) is 7.82. The molecule has 1 amide bonds. The van der Waals surface area contributed by atoms with Crippen molar-refractivity contribution in [2.45, 2.75) is 12.8 Å². The first-order valence-electron chi connectivity index (χ1n) is 6.21. The van der Waals surface area contributed by atoms with E-state index in [1.165, 1.54) is 16.4 Å². The van der Waals surface area contributed by atoms with E-state index in [0.717, 1.165) is 6.07 Å². The van der Waals surface area contributed by atoms with Gasteiger partial charge in [-0.25, -0.2) is 17.1 Å². The number of benzene rings is 1. The number of hydrogen-bond acceptors (Lipinski definition) is 4. The molecule has 0 saturated carbocycles. The number of rotatable bonds is 4. The molecule has 0 aliphatic carbocycles. The third-order valence-electron chi connectivity index (χ3n) is 3.07. The van der Waals surface area contributed by atoms with E-state index in [9.17, 15) is 17.6 Å². The average Bonchev–Trinajstić information content (AvgIpc) is 2.70. The van der Waals surface area contributed by atoms with Gasteiger partial charge in [0.1, 0.15) is 5.82 Å². The highest BCUT2D eigenvalue weighted by atomic mass is 32.2. The Hall–Kier alpha value is -1.67. The summed E-state index contributed by atoms with van der Waals surface area (Å²) in [4.78, 5) is 11.7. The van der Waals surface area contributed by atoms with Gasteiger partial charge in [0, 0.05) is 25.2 Å². The highest BCUT2D eigenvalue weighted by molar-refractivity contribution is 7.89. The summed E-state index contributed by atoms with van der Waals surface area (Å²) < 4.78 is 37.4. The molecule has 8 heteroatoms. The molecular formula is C12H16FN3O3S. The van der Waals surface area contributed by atoms with Crippen molar-refractivity contribution >= 4 is 27.3 Å². The summed E-state index contributed by atoms with van der Waals surface area (Å²) in [7, 11) is -3.18. The van der Waals surface area contributed by atoms with Gasteiger partial charge in [0.05, 0.1) is 11.4 Å². The minimum Gasteiger partial charge on any atom is -0.396 e. The van der Waals surface area contributed by atoms with Gasteiger partial charge < -0.3 is 11.1 Å². The lowest BCUT2D eigenvalue weighted by Gasteiger charge is -2.13. The zero-order chi connectivity index (χ0) is 14.8. The van der Waals surface area contributed by atoms with Gasteiger partial charge in [-0.3, -0.25) is 4.79 Å². The van der Waals surface area contributed by atoms with Gasteiger partial charge in [-0.1, -0.05) is 0 Å². The van der Waals surface area contributed by atoms with E-state index >= 15 is 0 Å². The molecule has 1 aromatic rings. The fourth-order valence-corrected chi connectivity index (χ4v) is 3.54. The van der Waals surface area contributed by atoms with E-state index in [2.05, 4.69) is 5.32 Å². The number of nitrogens with zero attached hydrogens (tertiary/aromatic N) is 1. The second-order valence-corrected chi connectivity index (χ2v) is 6.69. The molecule has 3 N–H and O–H groups in total. The van der Waals surface area contributed by atoms with Crippen LogP contribution in [0.1, 0.15) is 12.8 Å². The van der Waals surface area contributed by atoms with Crippen LogP contribution in [0, 0.1) is 5.82 Å². The summed E-state index contributed by atoms with van der Waals surface area (Å²) in [6.45, 7) is 0.615. The lowest BCUT2D eigenvalue weighted by molar-refractivity contribution is -0.116. The van der Waals surface area contributed by atoms with Crippen LogP contribution in [-0.2, 0) is 14.8 Å². The molecular weight excluding hydrogens is 285 g/mol. The van der Waals surface area contributed by atoms with Crippen LogP contribution in [0.15, 0.2) is 18.2 Å². The summed E-state index contributed by atoms with van der Waals surface area (Å²) in [5.41, 5.74) is 5.73. The standard InChI is InChI=1S/C12H16FN3O3S/c13-10-3-2-9(8-11(10)14)15-12(17)4-6-16-5-1-7-20(16,18)19/h2-3,8H,1,4-7,14H2,(H,15,17). The smallest absolute Gasteiger partial charge is 0.225 e. The number of nitrogens with two attached hydrogens (primary N) is 1. The summed E-state index contributed by atoms with van der Waals surface area (Å²) in [5.74, 6) is -0.743. The Labute approximate surface area is 116 Å². The number of hydrogen-bond donors (Lipinski definition) is 2. The van der Waals surface area contributed by atoms with Crippen LogP contribution >= 0.6 is 0 Å². The lowest BCUT2D eigenvalue weighted by Crippen LogP contribution is -2.29. The highest BCUT2D eigenvalue weighted by Gasteiger charge is 2.28. The van der Waals surface area contributed by atoms with Crippen LogP contribution in [0.25, 0.3) is 0 Å². The number of carbonyl (C=O) groups is 1. The molecule has 0 aromatic heterocycles. The molecule has 0 unspecified atom stereocenters. The van der Waals surface area contributed by atoms with Crippen molar-refractivity contribution < 1.29 is 17.6 Å². The first-order chi connectivity index (χ1) is 9.38. The molecule has 110 valence electrons. The molecule has 1 aliphatic heterocycles. The minimum atomic E-state index is -3.18. The molecule has 1 aromatic carbocycles. The predicted molar refractivity (Wildman–Crippen MR) is 74.0 cm³/mol. The van der Waals surface area contributed by atoms with Crippen molar-refractivity contribution in [2.75, 3.05) is 29.9 Å². The number of nitrogen functional groups attached to an aromatic ring is 1. The largest absolute Gasteiger partial charge is 0.396 e. The number of sulfonamides is 1. The highest BCUT2D eigenvalue weighted by Crippen LogP contribution is 2.17. The van der Waals surface area contributed by atoms with Gasteiger partial charge in [0.2, 0.25) is 15.9 Å². The predicted octanol–water partition coefficient (Wildman–Crippen LogP) is 0.772. The maximum Gasteiger partial charge on any atom is 0.225 e. The Bertz CT molecular complexity index is 618. The van der Waals surface area contributed by atoms with Gasteiger partial charge in [0.15, 0.2) is 0 Å². The van der Waals surface area contributed by atoms with Crippen molar-refractivity contribution in [3.8, 4) is 0 Å². The van der Waals surface area contributed by atoms with Crippen molar-refractivity contribution in [3.63, 3.8) is 0 Å². The molecule has 1 fully saturated rings. The number of nitrogens with one attached hydrogen (secondary N) is 1. The number of anilines is 2. The van der Waals surface area contributed by atoms with E-state index in [1.807, 2.05) is 0 Å². The molecule has 1 saturated heterocycles. The summed E-state index contributed by atoms with van der Waals surface area (Å²) in [6, 6.07) is 3.88. The van der Waals surface area contributed by atoms with E-state index in [4.69, 9.17) is 5.73 Å². The Balaban J connectivity index is 1.88. The van der Waals surface area contributed by atoms with Crippen LogP contribution in [0.4, 0.5) is 15.8 Å². The molecule has 0 spiro atoms. The molecule has 0 atom stereocenters. The quantitative estimate of drug-likeness (QED) is 0.804. The Morgan fingerprint density at radius 1 is 1.45 bits per heavy atom. The molecule has 20 heavy (non-hydrogen) atoms. The SMILES string of the molecule is Nc1cc(NC(=O)CCN2CCCS2(=O)=O)ccc1F. The Kier molecular flexibility index (Phi) is 4.24. The van der Waals surface area contributed by atoms with Crippen molar-refractivity contribution in [2.24, 2.45) is 0 Å². The van der Waals surface area contributed by atoms with Gasteiger partial charge >= 0.3 is 0 Å². The van der Waals surface area contributed by atoms with Crippen molar-refractivity contribution in [3.05, 3.63) is 24.0 Å². The number of amides is 1. The van der Waals surface area contributed by atoms with E-state index < -0.39 is 15.8 Å². The Morgan fingerprint density at radius 2 is 2.20 bits per heavy atom.